The number of carbonyl (C=O) groups is 2. The zero-order chi connectivity index (χ0) is 14.1. The van der Waals surface area contributed by atoms with Crippen LogP contribution in [0.25, 0.3) is 0 Å². The summed E-state index contributed by atoms with van der Waals surface area (Å²) < 4.78 is 0. The SMILES string of the molecule is NCC(C1CCCCC1)N1C(=O)C2CCCCC2C1=O. The highest BCUT2D eigenvalue weighted by molar-refractivity contribution is 6.05. The molecule has 20 heavy (non-hydrogen) atoms. The van der Waals surface area contributed by atoms with Crippen molar-refractivity contribution in [3.8, 4) is 0 Å². The molecule has 0 spiro atoms. The number of amides is 2. The van der Waals surface area contributed by atoms with Gasteiger partial charge in [0, 0.05) is 6.54 Å². The van der Waals surface area contributed by atoms with Crippen molar-refractivity contribution in [1.29, 1.82) is 0 Å². The summed E-state index contributed by atoms with van der Waals surface area (Å²) in [7, 11) is 0. The van der Waals surface area contributed by atoms with Gasteiger partial charge < -0.3 is 5.73 Å². The van der Waals surface area contributed by atoms with Crippen molar-refractivity contribution in [2.75, 3.05) is 6.54 Å². The molecule has 4 nitrogen and oxygen atoms in total. The van der Waals surface area contributed by atoms with Gasteiger partial charge in [0.05, 0.1) is 17.9 Å². The van der Waals surface area contributed by atoms with Crippen molar-refractivity contribution in [1.82, 2.24) is 4.90 Å². The van der Waals surface area contributed by atoms with Gasteiger partial charge >= 0.3 is 0 Å². The highest BCUT2D eigenvalue weighted by Crippen LogP contribution is 2.41. The Morgan fingerprint density at radius 2 is 1.40 bits per heavy atom. The summed E-state index contributed by atoms with van der Waals surface area (Å²) in [6.45, 7) is 0.432. The third-order valence-corrected chi connectivity index (χ3v) is 5.64. The number of imide groups is 1. The first-order chi connectivity index (χ1) is 9.74. The summed E-state index contributed by atoms with van der Waals surface area (Å²) in [5.41, 5.74) is 5.95. The minimum Gasteiger partial charge on any atom is -0.328 e. The number of rotatable bonds is 3. The number of hydrogen-bond acceptors (Lipinski definition) is 3. The molecule has 2 N–H and O–H groups in total. The lowest BCUT2D eigenvalue weighted by molar-refractivity contribution is -0.144. The van der Waals surface area contributed by atoms with Crippen LogP contribution in [-0.4, -0.2) is 29.3 Å². The maximum atomic E-state index is 12.6. The molecule has 0 bridgehead atoms. The Morgan fingerprint density at radius 1 is 0.900 bits per heavy atom. The molecule has 2 saturated carbocycles. The molecular weight excluding hydrogens is 252 g/mol. The normalized spacial score (nSPS) is 33.4. The van der Waals surface area contributed by atoms with Gasteiger partial charge in [-0.05, 0) is 31.6 Å². The van der Waals surface area contributed by atoms with Gasteiger partial charge in [-0.2, -0.15) is 0 Å². The molecule has 0 aromatic carbocycles. The molecule has 1 saturated heterocycles. The molecule has 3 aliphatic rings. The molecule has 3 fully saturated rings. The zero-order valence-electron chi connectivity index (χ0n) is 12.2. The molecule has 0 radical (unpaired) electrons. The summed E-state index contributed by atoms with van der Waals surface area (Å²) in [6, 6.07) is -0.0408. The van der Waals surface area contributed by atoms with Crippen LogP contribution in [0.3, 0.4) is 0 Å². The van der Waals surface area contributed by atoms with E-state index in [1.54, 1.807) is 4.90 Å². The van der Waals surface area contributed by atoms with Crippen molar-refractivity contribution in [2.24, 2.45) is 23.5 Å². The summed E-state index contributed by atoms with van der Waals surface area (Å²) in [5, 5.41) is 0. The summed E-state index contributed by atoms with van der Waals surface area (Å²) in [5.74, 6) is 0.533. The lowest BCUT2D eigenvalue weighted by atomic mass is 9.81. The molecule has 0 aromatic heterocycles. The number of fused-ring (bicyclic) bond motifs is 1. The largest absolute Gasteiger partial charge is 0.328 e. The van der Waals surface area contributed by atoms with Crippen molar-refractivity contribution in [3.63, 3.8) is 0 Å². The number of likely N-dealkylation sites (tertiary alicyclic amines) is 1. The number of nitrogens with two attached hydrogens (primary N) is 1. The van der Waals surface area contributed by atoms with Crippen LogP contribution in [0.15, 0.2) is 0 Å². The molecule has 1 heterocycles. The Hall–Kier alpha value is -0.900. The predicted molar refractivity (Wildman–Crippen MR) is 76.7 cm³/mol. The van der Waals surface area contributed by atoms with E-state index >= 15 is 0 Å². The Kier molecular flexibility index (Phi) is 4.11. The topological polar surface area (TPSA) is 63.4 Å². The van der Waals surface area contributed by atoms with Gasteiger partial charge in [-0.15, -0.1) is 0 Å². The second-order valence-corrected chi connectivity index (χ2v) is 6.75. The van der Waals surface area contributed by atoms with E-state index < -0.39 is 0 Å². The molecule has 2 aliphatic carbocycles. The average molecular weight is 278 g/mol. The monoisotopic (exact) mass is 278 g/mol. The van der Waals surface area contributed by atoms with Crippen molar-refractivity contribution in [2.45, 2.75) is 63.8 Å². The van der Waals surface area contributed by atoms with Gasteiger partial charge in [0.1, 0.15) is 0 Å². The van der Waals surface area contributed by atoms with E-state index in [1.165, 1.54) is 19.3 Å². The van der Waals surface area contributed by atoms with E-state index in [1.807, 2.05) is 0 Å². The van der Waals surface area contributed by atoms with Gasteiger partial charge in [0.15, 0.2) is 0 Å². The van der Waals surface area contributed by atoms with Crippen LogP contribution >= 0.6 is 0 Å². The number of carbonyl (C=O) groups excluding carboxylic acids is 2. The molecular formula is C16H26N2O2. The molecule has 4 heteroatoms. The highest BCUT2D eigenvalue weighted by Gasteiger charge is 2.51. The first kappa shape index (κ1) is 14.1. The number of hydrogen-bond donors (Lipinski definition) is 1. The van der Waals surface area contributed by atoms with E-state index in [0.717, 1.165) is 38.5 Å². The first-order valence-electron chi connectivity index (χ1n) is 8.31. The van der Waals surface area contributed by atoms with E-state index in [-0.39, 0.29) is 29.7 Å². The van der Waals surface area contributed by atoms with Gasteiger partial charge in [-0.3, -0.25) is 14.5 Å². The minimum atomic E-state index is -0.0408. The summed E-state index contributed by atoms with van der Waals surface area (Å²) in [4.78, 5) is 26.9. The second kappa shape index (κ2) is 5.84. The first-order valence-corrected chi connectivity index (χ1v) is 8.31. The fraction of sp³-hybridized carbons (Fsp3) is 0.875. The van der Waals surface area contributed by atoms with Crippen molar-refractivity contribution >= 4 is 11.8 Å². The van der Waals surface area contributed by atoms with Crippen LogP contribution < -0.4 is 5.73 Å². The van der Waals surface area contributed by atoms with Crippen LogP contribution in [0.5, 0.6) is 0 Å². The van der Waals surface area contributed by atoms with E-state index in [2.05, 4.69) is 0 Å². The molecule has 3 atom stereocenters. The van der Waals surface area contributed by atoms with E-state index in [0.29, 0.717) is 12.5 Å². The fourth-order valence-corrected chi connectivity index (χ4v) is 4.54. The molecule has 3 rings (SSSR count). The molecule has 112 valence electrons. The Balaban J connectivity index is 1.79. The zero-order valence-corrected chi connectivity index (χ0v) is 12.2. The smallest absolute Gasteiger partial charge is 0.233 e. The predicted octanol–water partition coefficient (Wildman–Crippen LogP) is 2.07. The Morgan fingerprint density at radius 3 is 1.90 bits per heavy atom. The quantitative estimate of drug-likeness (QED) is 0.804. The maximum Gasteiger partial charge on any atom is 0.233 e. The van der Waals surface area contributed by atoms with E-state index in [4.69, 9.17) is 5.73 Å². The van der Waals surface area contributed by atoms with Gasteiger partial charge in [0.2, 0.25) is 11.8 Å². The molecule has 2 amide bonds. The summed E-state index contributed by atoms with van der Waals surface area (Å²) in [6.07, 6.45) is 9.91. The molecule has 0 aromatic rings. The van der Waals surface area contributed by atoms with Gasteiger partial charge in [-0.1, -0.05) is 32.1 Å². The van der Waals surface area contributed by atoms with Crippen LogP contribution in [0.2, 0.25) is 0 Å². The van der Waals surface area contributed by atoms with Crippen molar-refractivity contribution in [3.05, 3.63) is 0 Å². The van der Waals surface area contributed by atoms with Crippen molar-refractivity contribution < 1.29 is 9.59 Å². The van der Waals surface area contributed by atoms with Crippen LogP contribution in [0.1, 0.15) is 57.8 Å². The number of nitrogens with zero attached hydrogens (tertiary/aromatic N) is 1. The lowest BCUT2D eigenvalue weighted by Gasteiger charge is -2.35. The Labute approximate surface area is 121 Å². The van der Waals surface area contributed by atoms with E-state index in [9.17, 15) is 9.59 Å². The van der Waals surface area contributed by atoms with Crippen LogP contribution in [0, 0.1) is 17.8 Å². The molecule has 1 aliphatic heterocycles. The maximum absolute atomic E-state index is 12.6. The summed E-state index contributed by atoms with van der Waals surface area (Å²) >= 11 is 0. The van der Waals surface area contributed by atoms with Gasteiger partial charge in [0.25, 0.3) is 0 Å². The fourth-order valence-electron chi connectivity index (χ4n) is 4.54. The minimum absolute atomic E-state index is 0.0334. The molecule has 3 unspecified atom stereocenters. The Bertz CT molecular complexity index is 366. The van der Waals surface area contributed by atoms with Gasteiger partial charge in [-0.25, -0.2) is 0 Å². The lowest BCUT2D eigenvalue weighted by Crippen LogP contribution is -2.49. The third kappa shape index (κ3) is 2.28. The standard InChI is InChI=1S/C16H26N2O2/c17-10-14(11-6-2-1-3-7-11)18-15(19)12-8-4-5-9-13(12)16(18)20/h11-14H,1-10,17H2. The highest BCUT2D eigenvalue weighted by atomic mass is 16.2. The van der Waals surface area contributed by atoms with Crippen LogP contribution in [-0.2, 0) is 9.59 Å². The third-order valence-electron chi connectivity index (χ3n) is 5.64. The van der Waals surface area contributed by atoms with Crippen LogP contribution in [0.4, 0.5) is 0 Å². The second-order valence-electron chi connectivity index (χ2n) is 6.75. The average Bonchev–Trinajstić information content (AvgIpc) is 2.75.